The van der Waals surface area contributed by atoms with Gasteiger partial charge in [0, 0.05) is 45.0 Å². The average Bonchev–Trinajstić information content (AvgIpc) is 2.82. The van der Waals surface area contributed by atoms with Crippen molar-refractivity contribution < 1.29 is 23.1 Å². The summed E-state index contributed by atoms with van der Waals surface area (Å²) in [6, 6.07) is 5.96. The molecule has 186 valence electrons. The predicted molar refractivity (Wildman–Crippen MR) is 125 cm³/mol. The molecule has 0 spiro atoms. The first-order valence-electron chi connectivity index (χ1n) is 11.5. The zero-order chi connectivity index (χ0) is 24.9. The summed E-state index contributed by atoms with van der Waals surface area (Å²) in [7, 11) is 1.81. The maximum absolute atomic E-state index is 13.3. The summed E-state index contributed by atoms with van der Waals surface area (Å²) in [6.07, 6.45) is -1.14. The number of halogens is 3. The van der Waals surface area contributed by atoms with E-state index < -0.39 is 17.8 Å². The molecule has 10 heteroatoms. The van der Waals surface area contributed by atoms with Gasteiger partial charge in [0.1, 0.15) is 17.3 Å². The second-order valence-corrected chi connectivity index (χ2v) is 8.88. The lowest BCUT2D eigenvalue weighted by molar-refractivity contribution is -0.141. The number of amides is 1. The van der Waals surface area contributed by atoms with Crippen LogP contribution in [-0.4, -0.2) is 54.3 Å². The summed E-state index contributed by atoms with van der Waals surface area (Å²) in [4.78, 5) is 24.8. The lowest BCUT2D eigenvalue weighted by Gasteiger charge is -2.33. The first kappa shape index (κ1) is 25.7. The van der Waals surface area contributed by atoms with Crippen LogP contribution in [0.5, 0.6) is 0 Å². The van der Waals surface area contributed by atoms with Gasteiger partial charge in [0.15, 0.2) is 0 Å². The van der Waals surface area contributed by atoms with Crippen LogP contribution in [0, 0.1) is 5.92 Å². The smallest absolute Gasteiger partial charge is 0.395 e. The molecule has 34 heavy (non-hydrogen) atoms. The van der Waals surface area contributed by atoms with E-state index in [0.717, 1.165) is 24.5 Å². The summed E-state index contributed by atoms with van der Waals surface area (Å²) >= 11 is 0. The van der Waals surface area contributed by atoms with Gasteiger partial charge >= 0.3 is 6.18 Å². The number of nitrogens with zero attached hydrogens (tertiary/aromatic N) is 4. The number of carbonyl (C=O) groups excluding carboxylic acids is 1. The molecule has 2 N–H and O–H groups in total. The van der Waals surface area contributed by atoms with Crippen molar-refractivity contribution >= 4 is 17.5 Å². The Bertz CT molecular complexity index is 960. The molecule has 1 atom stereocenters. The van der Waals surface area contributed by atoms with Crippen molar-refractivity contribution in [1.82, 2.24) is 15.3 Å². The molecule has 0 aromatic carbocycles. The van der Waals surface area contributed by atoms with Crippen molar-refractivity contribution in [3.8, 4) is 0 Å². The van der Waals surface area contributed by atoms with Gasteiger partial charge in [0.2, 0.25) is 5.91 Å². The Hall–Kier alpha value is -2.88. The predicted octanol–water partition coefficient (Wildman–Crippen LogP) is 3.58. The second-order valence-electron chi connectivity index (χ2n) is 8.88. The Morgan fingerprint density at radius 1 is 1.26 bits per heavy atom. The van der Waals surface area contributed by atoms with Gasteiger partial charge in [-0.3, -0.25) is 4.79 Å². The number of anilines is 2. The molecule has 0 saturated carbocycles. The number of rotatable bonds is 8. The maximum Gasteiger partial charge on any atom is 0.433 e. The minimum absolute atomic E-state index is 0.00991. The van der Waals surface area contributed by atoms with Crippen LogP contribution in [0.2, 0.25) is 0 Å². The number of nitrogens with one attached hydrogen (secondary N) is 1. The number of alkyl halides is 3. The van der Waals surface area contributed by atoms with Crippen LogP contribution < -0.4 is 15.1 Å². The Morgan fingerprint density at radius 2 is 1.97 bits per heavy atom. The van der Waals surface area contributed by atoms with Gasteiger partial charge in [-0.15, -0.1) is 0 Å². The van der Waals surface area contributed by atoms with Crippen LogP contribution in [0.1, 0.15) is 49.4 Å². The molecule has 1 fully saturated rings. The third-order valence-electron chi connectivity index (χ3n) is 6.27. The minimum atomic E-state index is -4.53. The summed E-state index contributed by atoms with van der Waals surface area (Å²) in [6.45, 7) is 5.69. The molecule has 7 nitrogen and oxygen atoms in total. The molecular formula is C24H32F3N5O2. The van der Waals surface area contributed by atoms with E-state index in [1.54, 1.807) is 30.2 Å². The molecule has 0 bridgehead atoms. The van der Waals surface area contributed by atoms with Crippen LogP contribution in [0.4, 0.5) is 24.8 Å². The molecule has 2 aromatic heterocycles. The Morgan fingerprint density at radius 3 is 2.56 bits per heavy atom. The standard InChI is InChI=1S/C24H32F3N5O2/c1-16-8-10-32(11-9-16)22-19(4-6-20(30-22)24(25,26)27)15-29-23(34)17(2)18-5-7-21(28-14-18)31(3)12-13-33/h4-7,14,16-17,33H,8-13,15H2,1-3H3,(H,29,34). The summed E-state index contributed by atoms with van der Waals surface area (Å²) < 4.78 is 39.9. The molecule has 1 aliphatic rings. The Balaban J connectivity index is 1.71. The van der Waals surface area contributed by atoms with E-state index in [1.165, 1.54) is 6.07 Å². The monoisotopic (exact) mass is 479 g/mol. The number of likely N-dealkylation sites (N-methyl/N-ethyl adjacent to an activating group) is 1. The normalized spacial score (nSPS) is 15.8. The summed E-state index contributed by atoms with van der Waals surface area (Å²) in [5, 5.41) is 11.9. The van der Waals surface area contributed by atoms with E-state index in [-0.39, 0.29) is 24.9 Å². The second kappa shape index (κ2) is 11.0. The van der Waals surface area contributed by atoms with Crippen LogP contribution in [0.25, 0.3) is 0 Å². The number of carbonyl (C=O) groups is 1. The molecular weight excluding hydrogens is 447 g/mol. The minimum Gasteiger partial charge on any atom is -0.395 e. The van der Waals surface area contributed by atoms with E-state index in [4.69, 9.17) is 5.11 Å². The van der Waals surface area contributed by atoms with Crippen molar-refractivity contribution in [2.75, 3.05) is 43.1 Å². The largest absolute Gasteiger partial charge is 0.433 e. The third-order valence-corrected chi connectivity index (χ3v) is 6.27. The van der Waals surface area contributed by atoms with Crippen molar-refractivity contribution in [2.24, 2.45) is 5.92 Å². The van der Waals surface area contributed by atoms with Crippen molar-refractivity contribution in [3.63, 3.8) is 0 Å². The molecule has 3 rings (SSSR count). The van der Waals surface area contributed by atoms with Gasteiger partial charge in [-0.2, -0.15) is 13.2 Å². The molecule has 0 radical (unpaired) electrons. The van der Waals surface area contributed by atoms with Crippen LogP contribution >= 0.6 is 0 Å². The Labute approximate surface area is 198 Å². The molecule has 1 saturated heterocycles. The van der Waals surface area contributed by atoms with Gasteiger partial charge in [0.25, 0.3) is 0 Å². The van der Waals surface area contributed by atoms with E-state index in [9.17, 15) is 18.0 Å². The highest BCUT2D eigenvalue weighted by molar-refractivity contribution is 5.83. The van der Waals surface area contributed by atoms with E-state index in [2.05, 4.69) is 22.2 Å². The zero-order valence-corrected chi connectivity index (χ0v) is 19.8. The van der Waals surface area contributed by atoms with Gasteiger partial charge in [-0.25, -0.2) is 9.97 Å². The Kier molecular flexibility index (Phi) is 8.35. The lowest BCUT2D eigenvalue weighted by atomic mass is 9.99. The molecule has 1 amide bonds. The fraction of sp³-hybridized carbons (Fsp3) is 0.542. The summed E-state index contributed by atoms with van der Waals surface area (Å²) in [5.41, 5.74) is 0.346. The molecule has 1 unspecified atom stereocenters. The zero-order valence-electron chi connectivity index (χ0n) is 19.8. The van der Waals surface area contributed by atoms with Gasteiger partial charge in [0.05, 0.1) is 12.5 Å². The molecule has 2 aromatic rings. The average molecular weight is 480 g/mol. The number of hydrogen-bond donors (Lipinski definition) is 2. The van der Waals surface area contributed by atoms with E-state index in [1.807, 2.05) is 11.9 Å². The van der Waals surface area contributed by atoms with Gasteiger partial charge in [-0.05, 0) is 43.4 Å². The molecule has 1 aliphatic heterocycles. The number of aliphatic hydroxyl groups excluding tert-OH is 1. The molecule has 3 heterocycles. The lowest BCUT2D eigenvalue weighted by Crippen LogP contribution is -2.35. The van der Waals surface area contributed by atoms with Crippen LogP contribution in [0.3, 0.4) is 0 Å². The van der Waals surface area contributed by atoms with Crippen molar-refractivity contribution in [1.29, 1.82) is 0 Å². The number of aliphatic hydroxyl groups is 1. The highest BCUT2D eigenvalue weighted by atomic mass is 19.4. The number of piperidine rings is 1. The number of aromatic nitrogens is 2. The highest BCUT2D eigenvalue weighted by Crippen LogP contribution is 2.32. The SMILES string of the molecule is CC1CCN(c2nc(C(F)(F)F)ccc2CNC(=O)C(C)c2ccc(N(C)CCO)nc2)CC1. The van der Waals surface area contributed by atoms with E-state index >= 15 is 0 Å². The highest BCUT2D eigenvalue weighted by Gasteiger charge is 2.34. The quantitative estimate of drug-likeness (QED) is 0.603. The first-order valence-corrected chi connectivity index (χ1v) is 11.5. The molecule has 0 aliphatic carbocycles. The third kappa shape index (κ3) is 6.37. The van der Waals surface area contributed by atoms with Crippen molar-refractivity contribution in [3.05, 3.63) is 47.3 Å². The van der Waals surface area contributed by atoms with Gasteiger partial charge < -0.3 is 20.2 Å². The number of hydrogen-bond acceptors (Lipinski definition) is 6. The topological polar surface area (TPSA) is 81.6 Å². The van der Waals surface area contributed by atoms with E-state index in [0.29, 0.717) is 36.9 Å². The maximum atomic E-state index is 13.3. The van der Waals surface area contributed by atoms with Crippen LogP contribution in [0.15, 0.2) is 30.5 Å². The van der Waals surface area contributed by atoms with Crippen molar-refractivity contribution in [2.45, 2.75) is 45.3 Å². The number of pyridine rings is 2. The fourth-order valence-corrected chi connectivity index (χ4v) is 3.90. The summed E-state index contributed by atoms with van der Waals surface area (Å²) in [5.74, 6) is 0.742. The first-order chi connectivity index (χ1) is 16.1. The van der Waals surface area contributed by atoms with Gasteiger partial charge in [-0.1, -0.05) is 19.1 Å². The van der Waals surface area contributed by atoms with Crippen LogP contribution in [-0.2, 0) is 17.5 Å². The fourth-order valence-electron chi connectivity index (χ4n) is 3.90.